The van der Waals surface area contributed by atoms with Gasteiger partial charge in [0.25, 0.3) is 0 Å². The van der Waals surface area contributed by atoms with Gasteiger partial charge in [0, 0.05) is 9.84 Å². The van der Waals surface area contributed by atoms with Crippen LogP contribution in [0.5, 0.6) is 0 Å². The van der Waals surface area contributed by atoms with Crippen LogP contribution in [0.25, 0.3) is 0 Å². The minimum Gasteiger partial charge on any atom is -0.299 e. The van der Waals surface area contributed by atoms with Crippen molar-refractivity contribution in [2.24, 2.45) is 5.92 Å². The molecule has 0 aliphatic heterocycles. The van der Waals surface area contributed by atoms with E-state index in [0.29, 0.717) is 9.71 Å². The largest absolute Gasteiger partial charge is 0.299 e. The zero-order valence-electron chi connectivity index (χ0n) is 6.31. The van der Waals surface area contributed by atoms with Crippen LogP contribution >= 0.6 is 45.2 Å². The Bertz CT molecular complexity index is 198. The van der Waals surface area contributed by atoms with Crippen molar-refractivity contribution in [3.63, 3.8) is 0 Å². The van der Waals surface area contributed by atoms with Crippen LogP contribution in [0.4, 0.5) is 0 Å². The Morgan fingerprint density at radius 2 is 2.27 bits per heavy atom. The molecule has 0 bridgehead atoms. The molecule has 0 fully saturated rings. The average Bonchev–Trinajstić information content (AvgIpc) is 1.85. The maximum absolute atomic E-state index is 11.1. The molecular formula is C8H10I2O. The summed E-state index contributed by atoms with van der Waals surface area (Å²) >= 11 is 4.70. The van der Waals surface area contributed by atoms with Crippen molar-refractivity contribution in [1.82, 2.24) is 0 Å². The summed E-state index contributed by atoms with van der Waals surface area (Å²) in [6.45, 7) is 1.69. The lowest BCUT2D eigenvalue weighted by atomic mass is 9.93. The van der Waals surface area contributed by atoms with Gasteiger partial charge in [-0.05, 0) is 45.9 Å². The van der Waals surface area contributed by atoms with E-state index in [4.69, 9.17) is 0 Å². The van der Waals surface area contributed by atoms with Crippen LogP contribution in [0, 0.1) is 5.92 Å². The van der Waals surface area contributed by atoms with Gasteiger partial charge in [-0.1, -0.05) is 28.7 Å². The van der Waals surface area contributed by atoms with Gasteiger partial charge in [-0.15, -0.1) is 0 Å². The first-order valence-electron chi connectivity index (χ1n) is 3.63. The van der Waals surface area contributed by atoms with Gasteiger partial charge >= 0.3 is 0 Å². The number of rotatable bonds is 1. The Balaban J connectivity index is 2.72. The van der Waals surface area contributed by atoms with E-state index in [1.54, 1.807) is 6.92 Å². The van der Waals surface area contributed by atoms with E-state index in [9.17, 15) is 4.79 Å². The molecule has 0 saturated carbocycles. The molecule has 0 radical (unpaired) electrons. The molecule has 0 aromatic carbocycles. The number of alkyl halides is 1. The predicted octanol–water partition coefficient (Wildman–Crippen LogP) is 3.11. The van der Waals surface area contributed by atoms with Gasteiger partial charge in [0.1, 0.15) is 5.78 Å². The van der Waals surface area contributed by atoms with Gasteiger partial charge in [-0.3, -0.25) is 4.79 Å². The van der Waals surface area contributed by atoms with Crippen LogP contribution < -0.4 is 0 Å². The molecule has 0 aromatic rings. The van der Waals surface area contributed by atoms with E-state index in [-0.39, 0.29) is 5.92 Å². The van der Waals surface area contributed by atoms with Crippen molar-refractivity contribution in [2.45, 2.75) is 23.7 Å². The highest BCUT2D eigenvalue weighted by molar-refractivity contribution is 14.1. The third-order valence-electron chi connectivity index (χ3n) is 1.89. The molecule has 3 heteroatoms. The van der Waals surface area contributed by atoms with Crippen molar-refractivity contribution in [2.75, 3.05) is 0 Å². The fourth-order valence-electron chi connectivity index (χ4n) is 1.23. The number of carbonyl (C=O) groups excluding carboxylic acids is 1. The van der Waals surface area contributed by atoms with Crippen molar-refractivity contribution >= 4 is 51.0 Å². The summed E-state index contributed by atoms with van der Waals surface area (Å²) in [6.07, 6.45) is 4.39. The molecule has 1 nitrogen and oxygen atoms in total. The van der Waals surface area contributed by atoms with Gasteiger partial charge in [-0.2, -0.15) is 0 Å². The molecule has 0 saturated heterocycles. The van der Waals surface area contributed by atoms with Crippen LogP contribution in [-0.2, 0) is 4.79 Å². The second-order valence-corrected chi connectivity index (χ2v) is 5.65. The molecule has 1 aliphatic carbocycles. The molecule has 0 spiro atoms. The van der Waals surface area contributed by atoms with Crippen molar-refractivity contribution in [1.29, 1.82) is 0 Å². The maximum Gasteiger partial charge on any atom is 0.137 e. The maximum atomic E-state index is 11.1. The van der Waals surface area contributed by atoms with Gasteiger partial charge in [-0.25, -0.2) is 0 Å². The minimum atomic E-state index is 0.210. The highest BCUT2D eigenvalue weighted by atomic mass is 127. The lowest BCUT2D eigenvalue weighted by Crippen LogP contribution is -2.17. The second-order valence-electron chi connectivity index (χ2n) is 2.81. The Kier molecular flexibility index (Phi) is 3.80. The summed E-state index contributed by atoms with van der Waals surface area (Å²) in [5.74, 6) is 0.524. The van der Waals surface area contributed by atoms with Crippen LogP contribution in [0.1, 0.15) is 19.8 Å². The fourth-order valence-corrected chi connectivity index (χ4v) is 3.85. The van der Waals surface area contributed by atoms with Gasteiger partial charge in [0.05, 0.1) is 0 Å². The average molecular weight is 376 g/mol. The Labute approximate surface area is 94.3 Å². The third kappa shape index (κ3) is 2.68. The molecule has 2 atom stereocenters. The Morgan fingerprint density at radius 3 is 2.73 bits per heavy atom. The fraction of sp³-hybridized carbons (Fsp3) is 0.625. The van der Waals surface area contributed by atoms with E-state index >= 15 is 0 Å². The minimum absolute atomic E-state index is 0.210. The van der Waals surface area contributed by atoms with Crippen LogP contribution in [0.15, 0.2) is 9.66 Å². The molecule has 2 unspecified atom stereocenters. The molecule has 0 aromatic heterocycles. The summed E-state index contributed by atoms with van der Waals surface area (Å²) in [7, 11) is 0. The zero-order chi connectivity index (χ0) is 8.43. The standard InChI is InChI=1S/C8H10I2O/c1-5(11)7-3-2-6(9)4-8(7)10/h4,6-7H,2-3H2,1H3. The molecule has 0 heterocycles. The lowest BCUT2D eigenvalue weighted by Gasteiger charge is -2.20. The van der Waals surface area contributed by atoms with Gasteiger partial charge in [0.15, 0.2) is 0 Å². The summed E-state index contributed by atoms with van der Waals surface area (Å²) in [5.41, 5.74) is 0. The van der Waals surface area contributed by atoms with Crippen LogP contribution in [0.3, 0.4) is 0 Å². The molecule has 1 rings (SSSR count). The number of carbonyl (C=O) groups is 1. The third-order valence-corrected chi connectivity index (χ3v) is 3.99. The van der Waals surface area contributed by atoms with Crippen LogP contribution in [-0.4, -0.2) is 9.71 Å². The molecule has 62 valence electrons. The summed E-state index contributed by atoms with van der Waals surface area (Å²) in [5, 5.41) is 0. The Hall–Kier alpha value is 0.870. The quantitative estimate of drug-likeness (QED) is 0.508. The highest BCUT2D eigenvalue weighted by Gasteiger charge is 2.22. The Morgan fingerprint density at radius 1 is 1.64 bits per heavy atom. The zero-order valence-corrected chi connectivity index (χ0v) is 10.6. The first kappa shape index (κ1) is 9.95. The predicted molar refractivity (Wildman–Crippen MR) is 63.3 cm³/mol. The van der Waals surface area contributed by atoms with Crippen molar-refractivity contribution in [3.05, 3.63) is 9.66 Å². The normalized spacial score (nSPS) is 31.4. The number of hydrogen-bond donors (Lipinski definition) is 0. The first-order chi connectivity index (χ1) is 5.11. The topological polar surface area (TPSA) is 17.1 Å². The van der Waals surface area contributed by atoms with E-state index in [0.717, 1.165) is 12.8 Å². The lowest BCUT2D eigenvalue weighted by molar-refractivity contribution is -0.119. The van der Waals surface area contributed by atoms with E-state index in [1.807, 2.05) is 0 Å². The van der Waals surface area contributed by atoms with Gasteiger partial charge in [0.2, 0.25) is 0 Å². The summed E-state index contributed by atoms with van der Waals surface area (Å²) < 4.78 is 1.87. The number of allylic oxidation sites excluding steroid dienone is 2. The van der Waals surface area contributed by atoms with E-state index in [2.05, 4.69) is 51.3 Å². The van der Waals surface area contributed by atoms with E-state index < -0.39 is 0 Å². The smallest absolute Gasteiger partial charge is 0.137 e. The van der Waals surface area contributed by atoms with E-state index in [1.165, 1.54) is 3.58 Å². The first-order valence-corrected chi connectivity index (χ1v) is 5.95. The second kappa shape index (κ2) is 4.20. The summed E-state index contributed by atoms with van der Waals surface area (Å²) in [4.78, 5) is 11.1. The molecular weight excluding hydrogens is 366 g/mol. The number of hydrogen-bond acceptors (Lipinski definition) is 1. The highest BCUT2D eigenvalue weighted by Crippen LogP contribution is 2.33. The molecule has 11 heavy (non-hydrogen) atoms. The SMILES string of the molecule is CC(=O)C1CCC(I)C=C1I. The number of ketones is 1. The number of halogens is 2. The number of Topliss-reactive ketones (excluding diaryl/α,β-unsaturated/α-hetero) is 1. The van der Waals surface area contributed by atoms with Crippen LogP contribution in [0.2, 0.25) is 0 Å². The molecule has 0 amide bonds. The summed E-state index contributed by atoms with van der Waals surface area (Å²) in [6, 6.07) is 0. The van der Waals surface area contributed by atoms with Crippen molar-refractivity contribution in [3.8, 4) is 0 Å². The van der Waals surface area contributed by atoms with Crippen molar-refractivity contribution < 1.29 is 4.79 Å². The monoisotopic (exact) mass is 376 g/mol. The van der Waals surface area contributed by atoms with Gasteiger partial charge < -0.3 is 0 Å². The molecule has 0 N–H and O–H groups in total. The molecule has 1 aliphatic rings.